The number of aromatic amines is 1. The molecule has 100 valence electrons. The van der Waals surface area contributed by atoms with E-state index >= 15 is 0 Å². The SMILES string of the molecule is CC1(c2n[nH]c(C3CCCCC3)n2)CCCNC1. The Morgan fingerprint density at radius 1 is 1.17 bits per heavy atom. The first kappa shape index (κ1) is 12.2. The number of nitrogens with one attached hydrogen (secondary N) is 2. The third-order valence-electron chi connectivity index (χ3n) is 4.63. The molecule has 1 unspecified atom stereocenters. The van der Waals surface area contributed by atoms with Gasteiger partial charge in [0.2, 0.25) is 0 Å². The van der Waals surface area contributed by atoms with Crippen LogP contribution in [-0.2, 0) is 5.41 Å². The third kappa shape index (κ3) is 2.30. The maximum absolute atomic E-state index is 4.82. The minimum Gasteiger partial charge on any atom is -0.316 e. The van der Waals surface area contributed by atoms with Crippen molar-refractivity contribution in [2.45, 2.75) is 63.2 Å². The van der Waals surface area contributed by atoms with Crippen LogP contribution in [0.25, 0.3) is 0 Å². The van der Waals surface area contributed by atoms with Gasteiger partial charge in [-0.1, -0.05) is 26.2 Å². The first-order valence-corrected chi connectivity index (χ1v) is 7.41. The van der Waals surface area contributed by atoms with Gasteiger partial charge in [-0.25, -0.2) is 4.98 Å². The van der Waals surface area contributed by atoms with Crippen LogP contribution in [0.2, 0.25) is 0 Å². The van der Waals surface area contributed by atoms with Crippen LogP contribution >= 0.6 is 0 Å². The highest BCUT2D eigenvalue weighted by Crippen LogP contribution is 2.33. The summed E-state index contributed by atoms with van der Waals surface area (Å²) in [7, 11) is 0. The summed E-state index contributed by atoms with van der Waals surface area (Å²) in [6.45, 7) is 4.43. The normalized spacial score (nSPS) is 30.5. The molecule has 3 rings (SSSR count). The molecule has 4 nitrogen and oxygen atoms in total. The van der Waals surface area contributed by atoms with Gasteiger partial charge in [0.05, 0.1) is 0 Å². The summed E-state index contributed by atoms with van der Waals surface area (Å²) in [4.78, 5) is 4.82. The molecular formula is C14H24N4. The van der Waals surface area contributed by atoms with Crippen LogP contribution in [0.1, 0.15) is 69.4 Å². The van der Waals surface area contributed by atoms with Gasteiger partial charge in [-0.05, 0) is 32.2 Å². The highest BCUT2D eigenvalue weighted by atomic mass is 15.2. The number of rotatable bonds is 2. The fourth-order valence-corrected chi connectivity index (χ4v) is 3.35. The van der Waals surface area contributed by atoms with E-state index in [9.17, 15) is 0 Å². The smallest absolute Gasteiger partial charge is 0.157 e. The van der Waals surface area contributed by atoms with Crippen LogP contribution < -0.4 is 5.32 Å². The zero-order valence-electron chi connectivity index (χ0n) is 11.3. The molecule has 1 atom stereocenters. The second-order valence-corrected chi connectivity index (χ2v) is 6.22. The Bertz CT molecular complexity index is 386. The largest absolute Gasteiger partial charge is 0.316 e. The van der Waals surface area contributed by atoms with Gasteiger partial charge in [0.15, 0.2) is 5.82 Å². The molecule has 2 aliphatic rings. The van der Waals surface area contributed by atoms with Gasteiger partial charge in [-0.15, -0.1) is 0 Å². The molecule has 2 N–H and O–H groups in total. The van der Waals surface area contributed by atoms with E-state index in [2.05, 4.69) is 22.4 Å². The first-order chi connectivity index (χ1) is 8.78. The summed E-state index contributed by atoms with van der Waals surface area (Å²) in [5.74, 6) is 2.78. The van der Waals surface area contributed by atoms with E-state index < -0.39 is 0 Å². The second kappa shape index (κ2) is 5.00. The lowest BCUT2D eigenvalue weighted by Gasteiger charge is -2.31. The molecule has 0 spiro atoms. The van der Waals surface area contributed by atoms with Gasteiger partial charge in [-0.2, -0.15) is 5.10 Å². The molecule has 0 bridgehead atoms. The molecule has 0 amide bonds. The number of nitrogens with zero attached hydrogens (tertiary/aromatic N) is 2. The van der Waals surface area contributed by atoms with Gasteiger partial charge in [0.25, 0.3) is 0 Å². The maximum atomic E-state index is 4.82. The molecule has 1 aromatic heterocycles. The van der Waals surface area contributed by atoms with E-state index in [0.29, 0.717) is 5.92 Å². The molecule has 1 saturated carbocycles. The third-order valence-corrected chi connectivity index (χ3v) is 4.63. The minimum atomic E-state index is 0.127. The first-order valence-electron chi connectivity index (χ1n) is 7.41. The van der Waals surface area contributed by atoms with Crippen molar-refractivity contribution in [2.75, 3.05) is 13.1 Å². The van der Waals surface area contributed by atoms with Crippen molar-refractivity contribution in [1.82, 2.24) is 20.5 Å². The van der Waals surface area contributed by atoms with Crippen LogP contribution in [-0.4, -0.2) is 28.3 Å². The zero-order chi connectivity index (χ0) is 12.4. The molecule has 2 fully saturated rings. The van der Waals surface area contributed by atoms with Gasteiger partial charge in [0.1, 0.15) is 5.82 Å². The highest BCUT2D eigenvalue weighted by Gasteiger charge is 2.33. The molecule has 0 radical (unpaired) electrons. The number of hydrogen-bond acceptors (Lipinski definition) is 3. The molecule has 4 heteroatoms. The highest BCUT2D eigenvalue weighted by molar-refractivity contribution is 5.11. The number of hydrogen-bond donors (Lipinski definition) is 2. The predicted octanol–water partition coefficient (Wildman–Crippen LogP) is 2.49. The average molecular weight is 248 g/mol. The number of H-pyrrole nitrogens is 1. The van der Waals surface area contributed by atoms with Crippen LogP contribution in [0.5, 0.6) is 0 Å². The number of piperidine rings is 1. The van der Waals surface area contributed by atoms with Gasteiger partial charge < -0.3 is 5.32 Å². The van der Waals surface area contributed by atoms with Gasteiger partial charge >= 0.3 is 0 Å². The van der Waals surface area contributed by atoms with E-state index in [0.717, 1.165) is 24.7 Å². The lowest BCUT2D eigenvalue weighted by Crippen LogP contribution is -2.41. The van der Waals surface area contributed by atoms with Crippen molar-refractivity contribution in [3.8, 4) is 0 Å². The van der Waals surface area contributed by atoms with Crippen molar-refractivity contribution in [2.24, 2.45) is 0 Å². The Morgan fingerprint density at radius 3 is 2.72 bits per heavy atom. The van der Waals surface area contributed by atoms with E-state index in [1.807, 2.05) is 0 Å². The van der Waals surface area contributed by atoms with E-state index in [-0.39, 0.29) is 5.41 Å². The Kier molecular flexibility index (Phi) is 3.37. The lowest BCUT2D eigenvalue weighted by atomic mass is 9.82. The van der Waals surface area contributed by atoms with Crippen LogP contribution in [0.3, 0.4) is 0 Å². The Hall–Kier alpha value is -0.900. The van der Waals surface area contributed by atoms with Crippen molar-refractivity contribution in [3.63, 3.8) is 0 Å². The standard InChI is InChI=1S/C14H24N4/c1-14(8-5-9-15-10-14)13-16-12(17-18-13)11-6-3-2-4-7-11/h11,15H,2-10H2,1H3,(H,16,17,18). The summed E-state index contributed by atoms with van der Waals surface area (Å²) in [6, 6.07) is 0. The second-order valence-electron chi connectivity index (χ2n) is 6.22. The minimum absolute atomic E-state index is 0.127. The summed E-state index contributed by atoms with van der Waals surface area (Å²) in [6.07, 6.45) is 9.07. The predicted molar refractivity (Wildman–Crippen MR) is 71.7 cm³/mol. The Labute approximate surface area is 109 Å². The Morgan fingerprint density at radius 2 is 2.00 bits per heavy atom. The van der Waals surface area contributed by atoms with Crippen LogP contribution in [0.15, 0.2) is 0 Å². The van der Waals surface area contributed by atoms with Crippen LogP contribution in [0.4, 0.5) is 0 Å². The number of aromatic nitrogens is 3. The molecule has 1 saturated heterocycles. The Balaban J connectivity index is 1.75. The molecular weight excluding hydrogens is 224 g/mol. The monoisotopic (exact) mass is 248 g/mol. The van der Waals surface area contributed by atoms with Crippen molar-refractivity contribution < 1.29 is 0 Å². The van der Waals surface area contributed by atoms with Crippen molar-refractivity contribution in [1.29, 1.82) is 0 Å². The quantitative estimate of drug-likeness (QED) is 0.845. The fourth-order valence-electron chi connectivity index (χ4n) is 3.35. The summed E-state index contributed by atoms with van der Waals surface area (Å²) >= 11 is 0. The van der Waals surface area contributed by atoms with Crippen molar-refractivity contribution >= 4 is 0 Å². The summed E-state index contributed by atoms with van der Waals surface area (Å²) < 4.78 is 0. The summed E-state index contributed by atoms with van der Waals surface area (Å²) in [5, 5.41) is 11.2. The summed E-state index contributed by atoms with van der Waals surface area (Å²) in [5.41, 5.74) is 0.127. The average Bonchev–Trinajstić information content (AvgIpc) is 2.91. The molecule has 1 aliphatic carbocycles. The lowest BCUT2D eigenvalue weighted by molar-refractivity contribution is 0.324. The van der Waals surface area contributed by atoms with Gasteiger partial charge in [0, 0.05) is 17.9 Å². The van der Waals surface area contributed by atoms with E-state index in [1.54, 1.807) is 0 Å². The molecule has 1 aromatic rings. The van der Waals surface area contributed by atoms with E-state index in [1.165, 1.54) is 44.9 Å². The molecule has 2 heterocycles. The topological polar surface area (TPSA) is 53.6 Å². The fraction of sp³-hybridized carbons (Fsp3) is 0.857. The van der Waals surface area contributed by atoms with Crippen molar-refractivity contribution in [3.05, 3.63) is 11.6 Å². The van der Waals surface area contributed by atoms with Crippen LogP contribution in [0, 0.1) is 0 Å². The molecule has 1 aliphatic heterocycles. The molecule has 0 aromatic carbocycles. The zero-order valence-corrected chi connectivity index (χ0v) is 11.3. The van der Waals surface area contributed by atoms with E-state index in [4.69, 9.17) is 4.98 Å². The molecule has 18 heavy (non-hydrogen) atoms. The maximum Gasteiger partial charge on any atom is 0.157 e. The van der Waals surface area contributed by atoms with Gasteiger partial charge in [-0.3, -0.25) is 5.10 Å².